The fraction of sp³-hybridized carbons (Fsp3) is 0.310. The molecule has 3 aromatic carbocycles. The summed E-state index contributed by atoms with van der Waals surface area (Å²) < 4.78 is 34.1. The molecule has 5 nitrogen and oxygen atoms in total. The molecule has 0 amide bonds. The summed E-state index contributed by atoms with van der Waals surface area (Å²) in [6.07, 6.45) is 0. The molecular formula is C29H33F2N3O2Si. The van der Waals surface area contributed by atoms with Crippen LogP contribution in [0.3, 0.4) is 0 Å². The molecule has 0 aliphatic carbocycles. The van der Waals surface area contributed by atoms with Gasteiger partial charge < -0.3 is 4.90 Å². The molecule has 0 saturated heterocycles. The van der Waals surface area contributed by atoms with Gasteiger partial charge in [0.05, 0.1) is 0 Å². The van der Waals surface area contributed by atoms with Gasteiger partial charge in [0, 0.05) is 36.5 Å². The van der Waals surface area contributed by atoms with Crippen molar-refractivity contribution in [2.75, 3.05) is 19.0 Å². The molecule has 1 atom stereocenters. The highest BCUT2D eigenvalue weighted by molar-refractivity contribution is 6.73. The second-order valence-corrected chi connectivity index (χ2v) is 15.6. The predicted molar refractivity (Wildman–Crippen MR) is 148 cm³/mol. The van der Waals surface area contributed by atoms with E-state index >= 15 is 0 Å². The van der Waals surface area contributed by atoms with E-state index in [1.54, 1.807) is 24.3 Å². The normalized spacial score (nSPS) is 18.0. The lowest BCUT2D eigenvalue weighted by atomic mass is 9.93. The van der Waals surface area contributed by atoms with E-state index in [-0.39, 0.29) is 16.7 Å². The van der Waals surface area contributed by atoms with Crippen LogP contribution >= 0.6 is 0 Å². The maximum atomic E-state index is 14.0. The molecular weight excluding hydrogens is 488 g/mol. The van der Waals surface area contributed by atoms with Gasteiger partial charge in [-0.1, -0.05) is 45.0 Å². The topological polar surface area (TPSA) is 46.4 Å². The fourth-order valence-corrected chi connectivity index (χ4v) is 4.17. The minimum atomic E-state index is -2.41. The Hall–Kier alpha value is -3.20. The van der Waals surface area contributed by atoms with Crippen LogP contribution in [0.15, 0.2) is 82.8 Å². The van der Waals surface area contributed by atoms with Gasteiger partial charge in [-0.15, -0.1) is 0 Å². The van der Waals surface area contributed by atoms with Crippen molar-refractivity contribution >= 4 is 25.6 Å². The molecule has 0 aromatic heterocycles. The standard InChI is InChI=1S/C29H33F2N3O2Si/c1-28(2,3)37(6,7)36-35-29(22-12-16-24(31)17-13-22)26(20-8-14-23(30)15-9-20)32-27(33-29)21-10-18-25(19-11-21)34(4)5/h8-19H,1-7H3. The lowest BCUT2D eigenvalue weighted by Crippen LogP contribution is -2.45. The van der Waals surface area contributed by atoms with Crippen LogP contribution in [0.2, 0.25) is 18.1 Å². The van der Waals surface area contributed by atoms with Gasteiger partial charge >= 0.3 is 0 Å². The molecule has 4 rings (SSSR count). The largest absolute Gasteiger partial charge is 0.378 e. The van der Waals surface area contributed by atoms with E-state index in [0.29, 0.717) is 22.7 Å². The maximum absolute atomic E-state index is 14.0. The average Bonchev–Trinajstić information content (AvgIpc) is 3.24. The zero-order valence-corrected chi connectivity index (χ0v) is 23.3. The molecule has 0 bridgehead atoms. The molecule has 1 aliphatic heterocycles. The molecule has 194 valence electrons. The highest BCUT2D eigenvalue weighted by Crippen LogP contribution is 2.42. The molecule has 1 aliphatic rings. The number of halogens is 2. The van der Waals surface area contributed by atoms with Crippen molar-refractivity contribution in [2.45, 2.75) is 44.6 Å². The van der Waals surface area contributed by atoms with Crippen molar-refractivity contribution in [2.24, 2.45) is 9.98 Å². The molecule has 1 unspecified atom stereocenters. The maximum Gasteiger partial charge on any atom is 0.261 e. The van der Waals surface area contributed by atoms with Gasteiger partial charge in [0.2, 0.25) is 8.32 Å². The highest BCUT2D eigenvalue weighted by Gasteiger charge is 2.49. The van der Waals surface area contributed by atoms with Gasteiger partial charge in [0.15, 0.2) is 5.84 Å². The molecule has 0 N–H and O–H groups in total. The number of hydrogen-bond acceptors (Lipinski definition) is 5. The van der Waals surface area contributed by atoms with E-state index in [4.69, 9.17) is 19.4 Å². The van der Waals surface area contributed by atoms with Crippen LogP contribution in [-0.4, -0.2) is 34.0 Å². The summed E-state index contributed by atoms with van der Waals surface area (Å²) in [6.45, 7) is 10.5. The van der Waals surface area contributed by atoms with Gasteiger partial charge in [0.1, 0.15) is 17.3 Å². The lowest BCUT2D eigenvalue weighted by molar-refractivity contribution is -0.282. The molecule has 0 saturated carbocycles. The number of rotatable bonds is 7. The Morgan fingerprint density at radius 2 is 1.30 bits per heavy atom. The van der Waals surface area contributed by atoms with E-state index in [0.717, 1.165) is 11.3 Å². The molecule has 0 spiro atoms. The number of nitrogens with zero attached hydrogens (tertiary/aromatic N) is 3. The fourth-order valence-electron chi connectivity index (χ4n) is 3.59. The molecule has 3 aromatic rings. The first kappa shape index (κ1) is 26.8. The van der Waals surface area contributed by atoms with Gasteiger partial charge in [-0.3, -0.25) is 4.58 Å². The van der Waals surface area contributed by atoms with E-state index in [1.807, 2.05) is 43.3 Å². The lowest BCUT2D eigenvalue weighted by Gasteiger charge is -2.38. The minimum Gasteiger partial charge on any atom is -0.378 e. The van der Waals surface area contributed by atoms with Crippen LogP contribution in [0.25, 0.3) is 0 Å². The van der Waals surface area contributed by atoms with Crippen LogP contribution in [-0.2, 0) is 15.2 Å². The van der Waals surface area contributed by atoms with E-state index in [2.05, 4.69) is 33.9 Å². The van der Waals surface area contributed by atoms with Crippen molar-refractivity contribution in [3.05, 3.63) is 101 Å². The summed E-state index contributed by atoms with van der Waals surface area (Å²) in [5.74, 6) is -0.313. The van der Waals surface area contributed by atoms with E-state index < -0.39 is 14.0 Å². The third kappa shape index (κ3) is 5.41. The molecule has 0 fully saturated rings. The molecule has 0 radical (unpaired) electrons. The first-order valence-corrected chi connectivity index (χ1v) is 15.1. The first-order chi connectivity index (χ1) is 17.3. The van der Waals surface area contributed by atoms with E-state index in [1.165, 1.54) is 24.3 Å². The van der Waals surface area contributed by atoms with E-state index in [9.17, 15) is 8.78 Å². The Morgan fingerprint density at radius 1 is 0.784 bits per heavy atom. The van der Waals surface area contributed by atoms with Gasteiger partial charge in [-0.05, 0) is 66.7 Å². The first-order valence-electron chi connectivity index (χ1n) is 12.2. The number of anilines is 1. The average molecular weight is 522 g/mol. The summed E-state index contributed by atoms with van der Waals surface area (Å²) >= 11 is 0. The van der Waals surface area contributed by atoms with Gasteiger partial charge in [-0.25, -0.2) is 23.7 Å². The zero-order chi connectivity index (χ0) is 27.0. The summed E-state index contributed by atoms with van der Waals surface area (Å²) in [5, 5.41) is -0.142. The third-order valence-corrected chi connectivity index (χ3v) is 11.1. The Balaban J connectivity index is 1.90. The Bertz CT molecular complexity index is 1310. The van der Waals surface area contributed by atoms with Gasteiger partial charge in [-0.2, -0.15) is 0 Å². The summed E-state index contributed by atoms with van der Waals surface area (Å²) in [5.41, 5.74) is 1.90. The number of benzene rings is 3. The quantitative estimate of drug-likeness (QED) is 0.189. The molecule has 1 heterocycles. The number of amidine groups is 1. The van der Waals surface area contributed by atoms with Crippen LogP contribution in [0, 0.1) is 11.6 Å². The molecule has 37 heavy (non-hydrogen) atoms. The van der Waals surface area contributed by atoms with Crippen molar-refractivity contribution in [3.63, 3.8) is 0 Å². The summed E-state index contributed by atoms with van der Waals surface area (Å²) in [6, 6.07) is 19.8. The van der Waals surface area contributed by atoms with Crippen LogP contribution in [0.4, 0.5) is 14.5 Å². The number of aliphatic imine (C=N–C) groups is 2. The van der Waals surface area contributed by atoms with Crippen molar-refractivity contribution in [1.82, 2.24) is 0 Å². The zero-order valence-electron chi connectivity index (χ0n) is 22.3. The van der Waals surface area contributed by atoms with Crippen molar-refractivity contribution < 1.29 is 18.2 Å². The van der Waals surface area contributed by atoms with Crippen LogP contribution < -0.4 is 4.90 Å². The molecule has 8 heteroatoms. The Kier molecular flexibility index (Phi) is 7.20. The highest BCUT2D eigenvalue weighted by atomic mass is 28.4. The second kappa shape index (κ2) is 9.93. The monoisotopic (exact) mass is 521 g/mol. The minimum absolute atomic E-state index is 0.142. The third-order valence-electron chi connectivity index (χ3n) is 6.97. The van der Waals surface area contributed by atoms with Gasteiger partial charge in [0.25, 0.3) is 5.72 Å². The van der Waals surface area contributed by atoms with Crippen LogP contribution in [0.1, 0.15) is 37.5 Å². The summed E-state index contributed by atoms with van der Waals surface area (Å²) in [4.78, 5) is 18.2. The Labute approximate surface area is 218 Å². The van der Waals surface area contributed by atoms with Crippen molar-refractivity contribution in [3.8, 4) is 0 Å². The van der Waals surface area contributed by atoms with Crippen LogP contribution in [0.5, 0.6) is 0 Å². The smallest absolute Gasteiger partial charge is 0.261 e. The SMILES string of the molecule is CN(C)c1ccc(C2=NC(OO[Si](C)(C)C(C)(C)C)(c3ccc(F)cc3)C(c3ccc(F)cc3)=N2)cc1. The summed E-state index contributed by atoms with van der Waals surface area (Å²) in [7, 11) is 1.53. The number of hydrogen-bond donors (Lipinski definition) is 0. The second-order valence-electron chi connectivity index (χ2n) is 10.9. The van der Waals surface area contributed by atoms with Crippen molar-refractivity contribution in [1.29, 1.82) is 0 Å². The Morgan fingerprint density at radius 3 is 1.81 bits per heavy atom. The predicted octanol–water partition coefficient (Wildman–Crippen LogP) is 7.09.